The van der Waals surface area contributed by atoms with Crippen molar-refractivity contribution in [2.45, 2.75) is 97.1 Å². The quantitative estimate of drug-likeness (QED) is 0.0941. The summed E-state index contributed by atoms with van der Waals surface area (Å²) in [6, 6.07) is 16.8. The molecule has 2 aromatic heterocycles. The fraction of sp³-hybridized carbons (Fsp3) is 0.462. The number of nitrogens with zero attached hydrogens (tertiary/aromatic N) is 3. The Labute approximate surface area is 315 Å². The number of hydrogen-bond donors (Lipinski definition) is 4. The highest BCUT2D eigenvalue weighted by molar-refractivity contribution is 7.11. The van der Waals surface area contributed by atoms with Gasteiger partial charge >= 0.3 is 12.1 Å². The molecule has 4 amide bonds. The molecule has 52 heavy (non-hydrogen) atoms. The third kappa shape index (κ3) is 13.0. The minimum absolute atomic E-state index is 0.0894. The predicted octanol–water partition coefficient (Wildman–Crippen LogP) is 6.26. The van der Waals surface area contributed by atoms with Gasteiger partial charge in [0.15, 0.2) is 0 Å². The smallest absolute Gasteiger partial charge is 0.407 e. The number of aliphatic hydroxyl groups excluding tert-OH is 1. The first-order valence-electron chi connectivity index (χ1n) is 17.7. The third-order valence-corrected chi connectivity index (χ3v) is 10.7. The van der Waals surface area contributed by atoms with E-state index in [0.29, 0.717) is 31.7 Å². The second-order valence-corrected chi connectivity index (χ2v) is 15.9. The van der Waals surface area contributed by atoms with Gasteiger partial charge in [0, 0.05) is 43.5 Å². The summed E-state index contributed by atoms with van der Waals surface area (Å²) in [5.41, 5.74) is 2.84. The Balaban J connectivity index is 1.44. The summed E-state index contributed by atoms with van der Waals surface area (Å²) in [4.78, 5) is 51.4. The maximum Gasteiger partial charge on any atom is 0.407 e. The highest BCUT2D eigenvalue weighted by atomic mass is 32.1. The molecule has 0 unspecified atom stereocenters. The number of benzene rings is 2. The summed E-state index contributed by atoms with van der Waals surface area (Å²) in [6.45, 7) is 10.4. The van der Waals surface area contributed by atoms with Crippen molar-refractivity contribution in [2.24, 2.45) is 5.92 Å². The van der Waals surface area contributed by atoms with E-state index in [0.717, 1.165) is 31.7 Å². The van der Waals surface area contributed by atoms with Gasteiger partial charge in [-0.3, -0.25) is 4.79 Å². The molecule has 4 aromatic rings. The molecule has 0 bridgehead atoms. The number of amides is 4. The number of thiazole rings is 2. The molecule has 0 saturated carbocycles. The van der Waals surface area contributed by atoms with Crippen LogP contribution in [-0.4, -0.2) is 75.8 Å². The van der Waals surface area contributed by atoms with Crippen molar-refractivity contribution in [1.82, 2.24) is 30.8 Å². The summed E-state index contributed by atoms with van der Waals surface area (Å²) in [6.07, 6.45) is 1.55. The van der Waals surface area contributed by atoms with Crippen molar-refractivity contribution in [3.63, 3.8) is 0 Å². The van der Waals surface area contributed by atoms with E-state index in [9.17, 15) is 19.5 Å². The fourth-order valence-corrected chi connectivity index (χ4v) is 7.23. The number of likely N-dealkylation sites (N-methyl/N-ethyl adjacent to an activating group) is 1. The van der Waals surface area contributed by atoms with Crippen LogP contribution in [-0.2, 0) is 35.4 Å². The first-order valence-corrected chi connectivity index (χ1v) is 19.4. The zero-order valence-electron chi connectivity index (χ0n) is 30.9. The minimum Gasteiger partial charge on any atom is -0.444 e. The fourth-order valence-electron chi connectivity index (χ4n) is 5.65. The SMILES string of the molecule is Cc1ncc(COC(=O)N[C@@H](Cc2ccccc2)C[C@H](O)[C@H](Cc2ccccc2)NC(=O)[C@@H](NC(=O)N(C)CCc2csc(C(C)C)n2)C(C)C)s1. The van der Waals surface area contributed by atoms with Crippen molar-refractivity contribution in [3.8, 4) is 0 Å². The molecule has 0 saturated heterocycles. The maximum atomic E-state index is 13.9. The highest BCUT2D eigenvalue weighted by Gasteiger charge is 2.31. The lowest BCUT2D eigenvalue weighted by molar-refractivity contribution is -0.125. The molecule has 0 aliphatic heterocycles. The molecule has 2 aromatic carbocycles. The lowest BCUT2D eigenvalue weighted by atomic mass is 9.93. The number of aliphatic hydroxyl groups is 1. The van der Waals surface area contributed by atoms with Crippen LogP contribution in [0.3, 0.4) is 0 Å². The molecule has 0 radical (unpaired) electrons. The van der Waals surface area contributed by atoms with Crippen molar-refractivity contribution in [3.05, 3.63) is 104 Å². The molecule has 0 fully saturated rings. The van der Waals surface area contributed by atoms with Crippen LogP contribution in [0.25, 0.3) is 0 Å². The normalized spacial score (nSPS) is 13.6. The number of nitrogens with one attached hydrogen (secondary N) is 3. The molecule has 4 atom stereocenters. The first kappa shape index (κ1) is 40.4. The Bertz CT molecular complexity index is 1700. The molecule has 13 heteroatoms. The molecule has 280 valence electrons. The van der Waals surface area contributed by atoms with Gasteiger partial charge in [-0.05, 0) is 43.2 Å². The number of alkyl carbamates (subject to hydrolysis) is 1. The van der Waals surface area contributed by atoms with Gasteiger partial charge in [0.25, 0.3) is 0 Å². The van der Waals surface area contributed by atoms with Crippen LogP contribution in [0.4, 0.5) is 9.59 Å². The van der Waals surface area contributed by atoms with E-state index < -0.39 is 36.2 Å². The van der Waals surface area contributed by atoms with Gasteiger partial charge in [0.05, 0.1) is 32.7 Å². The predicted molar refractivity (Wildman–Crippen MR) is 207 cm³/mol. The van der Waals surface area contributed by atoms with Crippen LogP contribution in [0.5, 0.6) is 0 Å². The standard InChI is InChI=1S/C39H52N6O5S2/c1-25(2)35(44-38(48)45(6)18-17-30-24-51-37(41-30)26(3)4)36(47)43-33(20-29-15-11-8-12-16-29)34(46)21-31(19-28-13-9-7-10-14-28)42-39(49)50-23-32-22-40-27(5)52-32/h7-16,22,24-26,31,33-35,46H,17-21,23H2,1-6H3,(H,42,49)(H,43,47)(H,44,48)/t31-,33-,34-,35-/m0/s1. The van der Waals surface area contributed by atoms with E-state index in [-0.39, 0.29) is 25.0 Å². The molecule has 0 aliphatic rings. The van der Waals surface area contributed by atoms with E-state index >= 15 is 0 Å². The van der Waals surface area contributed by atoms with Gasteiger partial charge in [0.1, 0.15) is 12.6 Å². The van der Waals surface area contributed by atoms with Crippen molar-refractivity contribution < 1.29 is 24.2 Å². The average Bonchev–Trinajstić information content (AvgIpc) is 3.78. The Kier molecular flexibility index (Phi) is 15.6. The number of aryl methyl sites for hydroxylation is 1. The van der Waals surface area contributed by atoms with Crippen LogP contribution in [0.2, 0.25) is 0 Å². The number of aromatic nitrogens is 2. The largest absolute Gasteiger partial charge is 0.444 e. The number of rotatable bonds is 18. The monoisotopic (exact) mass is 748 g/mol. The number of carbonyl (C=O) groups excluding carboxylic acids is 3. The van der Waals surface area contributed by atoms with Gasteiger partial charge < -0.3 is 30.7 Å². The van der Waals surface area contributed by atoms with E-state index in [4.69, 9.17) is 4.74 Å². The molecule has 0 aliphatic carbocycles. The Morgan fingerprint density at radius 1 is 0.923 bits per heavy atom. The lowest BCUT2D eigenvalue weighted by Gasteiger charge is -2.31. The van der Waals surface area contributed by atoms with Gasteiger partial charge in [-0.25, -0.2) is 19.6 Å². The second kappa shape index (κ2) is 20.1. The topological polar surface area (TPSA) is 146 Å². The molecule has 0 spiro atoms. The molecular weight excluding hydrogens is 697 g/mol. The Morgan fingerprint density at radius 3 is 2.15 bits per heavy atom. The second-order valence-electron chi connectivity index (χ2n) is 13.7. The van der Waals surface area contributed by atoms with Crippen LogP contribution in [0.15, 0.2) is 72.2 Å². The number of urea groups is 1. The summed E-state index contributed by atoms with van der Waals surface area (Å²) < 4.78 is 5.50. The van der Waals surface area contributed by atoms with Gasteiger partial charge in [-0.15, -0.1) is 22.7 Å². The molecule has 4 N–H and O–H groups in total. The molecule has 4 rings (SSSR count). The summed E-state index contributed by atoms with van der Waals surface area (Å²) >= 11 is 3.08. The van der Waals surface area contributed by atoms with Gasteiger partial charge in [0.2, 0.25) is 5.91 Å². The number of carbonyl (C=O) groups is 3. The summed E-state index contributed by atoms with van der Waals surface area (Å²) in [5.74, 6) is -0.283. The van der Waals surface area contributed by atoms with Crippen LogP contribution < -0.4 is 16.0 Å². The van der Waals surface area contributed by atoms with E-state index in [2.05, 4.69) is 39.8 Å². The third-order valence-electron chi connectivity index (χ3n) is 8.62. The van der Waals surface area contributed by atoms with Gasteiger partial charge in [-0.1, -0.05) is 88.4 Å². The maximum absolute atomic E-state index is 13.9. The van der Waals surface area contributed by atoms with Gasteiger partial charge in [-0.2, -0.15) is 0 Å². The van der Waals surface area contributed by atoms with E-state index in [1.165, 1.54) is 11.3 Å². The first-order chi connectivity index (χ1) is 24.9. The molecule has 2 heterocycles. The van der Waals surface area contributed by atoms with Crippen LogP contribution in [0.1, 0.15) is 71.7 Å². The van der Waals surface area contributed by atoms with E-state index in [1.54, 1.807) is 29.5 Å². The van der Waals surface area contributed by atoms with Crippen molar-refractivity contribution in [1.29, 1.82) is 0 Å². The lowest BCUT2D eigenvalue weighted by Crippen LogP contribution is -2.57. The average molecular weight is 749 g/mol. The van der Waals surface area contributed by atoms with Crippen LogP contribution >= 0.6 is 22.7 Å². The highest BCUT2D eigenvalue weighted by Crippen LogP contribution is 2.20. The van der Waals surface area contributed by atoms with Crippen LogP contribution in [0, 0.1) is 12.8 Å². The summed E-state index contributed by atoms with van der Waals surface area (Å²) in [5, 5.41) is 24.7. The molecular formula is C39H52N6O5S2. The molecule has 11 nitrogen and oxygen atoms in total. The van der Waals surface area contributed by atoms with Crippen molar-refractivity contribution >= 4 is 40.7 Å². The van der Waals surface area contributed by atoms with Crippen molar-refractivity contribution in [2.75, 3.05) is 13.6 Å². The minimum atomic E-state index is -1.05. The summed E-state index contributed by atoms with van der Waals surface area (Å²) in [7, 11) is 1.70. The zero-order valence-corrected chi connectivity index (χ0v) is 32.5. The zero-order chi connectivity index (χ0) is 37.6. The number of hydrogen-bond acceptors (Lipinski definition) is 9. The van der Waals surface area contributed by atoms with E-state index in [1.807, 2.05) is 86.8 Å². The Morgan fingerprint density at radius 2 is 1.58 bits per heavy atom. The number of ether oxygens (including phenoxy) is 1. The Hall–Kier alpha value is -4.33.